The molecule has 10 nitrogen and oxygen atoms in total. The van der Waals surface area contributed by atoms with Crippen molar-refractivity contribution in [3.8, 4) is 23.0 Å². The van der Waals surface area contributed by atoms with Crippen LogP contribution in [0, 0.1) is 0 Å². The molecule has 0 spiro atoms. The van der Waals surface area contributed by atoms with E-state index in [1.165, 1.54) is 40.6 Å². The van der Waals surface area contributed by atoms with E-state index < -0.39 is 15.9 Å². The minimum atomic E-state index is -4.05. The summed E-state index contributed by atoms with van der Waals surface area (Å²) in [6, 6.07) is 14.7. The lowest BCUT2D eigenvalue weighted by molar-refractivity contribution is 0.102. The number of carbonyl (C=O) groups is 1. The van der Waals surface area contributed by atoms with Crippen molar-refractivity contribution in [3.63, 3.8) is 0 Å². The van der Waals surface area contributed by atoms with Crippen LogP contribution in [0.25, 0.3) is 0 Å². The highest BCUT2D eigenvalue weighted by molar-refractivity contribution is 7.93. The van der Waals surface area contributed by atoms with E-state index in [1.54, 1.807) is 42.5 Å². The molecule has 202 valence electrons. The van der Waals surface area contributed by atoms with Gasteiger partial charge >= 0.3 is 0 Å². The Hall–Kier alpha value is -4.12. The van der Waals surface area contributed by atoms with Crippen LogP contribution in [-0.2, 0) is 10.0 Å². The molecule has 1 heterocycles. The van der Waals surface area contributed by atoms with Gasteiger partial charge in [0.15, 0.2) is 11.5 Å². The van der Waals surface area contributed by atoms with Crippen LogP contribution in [0.4, 0.5) is 17.1 Å². The van der Waals surface area contributed by atoms with Gasteiger partial charge in [-0.2, -0.15) is 0 Å². The van der Waals surface area contributed by atoms with Gasteiger partial charge in [0.05, 0.1) is 45.4 Å². The molecule has 1 fully saturated rings. The maximum Gasteiger partial charge on any atom is 0.264 e. The number of sulfonamides is 1. The Bertz CT molecular complexity index is 1420. The summed E-state index contributed by atoms with van der Waals surface area (Å²) in [5, 5.41) is 2.79. The Morgan fingerprint density at radius 2 is 1.42 bits per heavy atom. The lowest BCUT2D eigenvalue weighted by Crippen LogP contribution is -2.23. The number of nitrogens with one attached hydrogen (secondary N) is 2. The van der Waals surface area contributed by atoms with Gasteiger partial charge in [-0.05, 0) is 43.2 Å². The first kappa shape index (κ1) is 26.9. The normalized spacial score (nSPS) is 13.1. The molecule has 1 aliphatic heterocycles. The third-order valence-electron chi connectivity index (χ3n) is 6.26. The van der Waals surface area contributed by atoms with Crippen molar-refractivity contribution in [1.82, 2.24) is 0 Å². The predicted octanol–water partition coefficient (Wildman–Crippen LogP) is 4.37. The first-order chi connectivity index (χ1) is 18.3. The minimum absolute atomic E-state index is 0.0439. The quantitative estimate of drug-likeness (QED) is 0.389. The van der Waals surface area contributed by atoms with E-state index in [0.717, 1.165) is 25.9 Å². The third kappa shape index (κ3) is 5.57. The fourth-order valence-corrected chi connectivity index (χ4v) is 5.68. The van der Waals surface area contributed by atoms with Crippen LogP contribution in [0.1, 0.15) is 23.2 Å². The van der Waals surface area contributed by atoms with Gasteiger partial charge in [-0.25, -0.2) is 8.42 Å². The Kier molecular flexibility index (Phi) is 8.16. The number of hydrogen-bond donors (Lipinski definition) is 2. The van der Waals surface area contributed by atoms with Crippen molar-refractivity contribution in [1.29, 1.82) is 0 Å². The van der Waals surface area contributed by atoms with Gasteiger partial charge in [-0.15, -0.1) is 0 Å². The summed E-state index contributed by atoms with van der Waals surface area (Å²) >= 11 is 0. The number of benzene rings is 3. The number of rotatable bonds is 10. The van der Waals surface area contributed by atoms with Crippen molar-refractivity contribution in [2.75, 3.05) is 56.5 Å². The largest absolute Gasteiger partial charge is 0.496 e. The van der Waals surface area contributed by atoms with Gasteiger partial charge in [0.25, 0.3) is 15.9 Å². The van der Waals surface area contributed by atoms with Crippen LogP contribution in [0.3, 0.4) is 0 Å². The van der Waals surface area contributed by atoms with Crippen LogP contribution >= 0.6 is 0 Å². The molecule has 1 aliphatic rings. The number of methoxy groups -OCH3 is 4. The molecule has 3 aromatic rings. The lowest BCUT2D eigenvalue weighted by atomic mass is 10.1. The summed E-state index contributed by atoms with van der Waals surface area (Å²) in [7, 11) is 1.81. The van der Waals surface area contributed by atoms with E-state index in [4.69, 9.17) is 18.9 Å². The van der Waals surface area contributed by atoms with Crippen molar-refractivity contribution < 1.29 is 32.2 Å². The topological polar surface area (TPSA) is 115 Å². The molecule has 4 rings (SSSR count). The van der Waals surface area contributed by atoms with Gasteiger partial charge in [0.1, 0.15) is 16.4 Å². The maximum atomic E-state index is 13.7. The molecule has 2 N–H and O–H groups in total. The molecule has 1 amide bonds. The first-order valence-corrected chi connectivity index (χ1v) is 13.5. The lowest BCUT2D eigenvalue weighted by Gasteiger charge is -2.23. The fourth-order valence-electron chi connectivity index (χ4n) is 4.36. The van der Waals surface area contributed by atoms with E-state index in [-0.39, 0.29) is 16.2 Å². The van der Waals surface area contributed by atoms with Crippen molar-refractivity contribution >= 4 is 33.0 Å². The minimum Gasteiger partial charge on any atom is -0.496 e. The SMILES string of the molecule is COc1ccccc1NS(=O)(=O)c1cc(NC(=O)c2cc(OC)c(OC)cc2OC)ccc1N1CCCC1. The molecule has 1 saturated heterocycles. The van der Waals surface area contributed by atoms with E-state index in [2.05, 4.69) is 10.0 Å². The zero-order valence-corrected chi connectivity index (χ0v) is 22.6. The van der Waals surface area contributed by atoms with E-state index in [9.17, 15) is 13.2 Å². The molecule has 0 atom stereocenters. The second-order valence-corrected chi connectivity index (χ2v) is 10.2. The molecule has 3 aromatic carbocycles. The third-order valence-corrected chi connectivity index (χ3v) is 7.65. The average Bonchev–Trinajstić information content (AvgIpc) is 3.47. The van der Waals surface area contributed by atoms with E-state index in [1.807, 2.05) is 4.90 Å². The molecule has 11 heteroatoms. The highest BCUT2D eigenvalue weighted by Crippen LogP contribution is 2.36. The van der Waals surface area contributed by atoms with Crippen LogP contribution in [0.2, 0.25) is 0 Å². The highest BCUT2D eigenvalue weighted by atomic mass is 32.2. The highest BCUT2D eigenvalue weighted by Gasteiger charge is 2.26. The number of ether oxygens (including phenoxy) is 4. The van der Waals surface area contributed by atoms with Crippen molar-refractivity contribution in [2.45, 2.75) is 17.7 Å². The smallest absolute Gasteiger partial charge is 0.264 e. The van der Waals surface area contributed by atoms with Gasteiger partial charge < -0.3 is 29.2 Å². The number of para-hydroxylation sites is 2. The van der Waals surface area contributed by atoms with Crippen molar-refractivity contribution in [3.05, 3.63) is 60.2 Å². The Morgan fingerprint density at radius 1 is 0.789 bits per heavy atom. The Labute approximate surface area is 222 Å². The molecule has 38 heavy (non-hydrogen) atoms. The van der Waals surface area contributed by atoms with Gasteiger partial charge in [0, 0.05) is 30.9 Å². The van der Waals surface area contributed by atoms with E-state index in [0.29, 0.717) is 34.3 Å². The van der Waals surface area contributed by atoms with Gasteiger partial charge in [-0.1, -0.05) is 12.1 Å². The average molecular weight is 542 g/mol. The van der Waals surface area contributed by atoms with Crippen LogP contribution in [0.15, 0.2) is 59.5 Å². The molecule has 0 unspecified atom stereocenters. The molecule has 0 saturated carbocycles. The summed E-state index contributed by atoms with van der Waals surface area (Å²) in [4.78, 5) is 15.3. The number of nitrogens with zero attached hydrogens (tertiary/aromatic N) is 1. The Balaban J connectivity index is 1.72. The molecule has 0 bridgehead atoms. The fraction of sp³-hybridized carbons (Fsp3) is 0.296. The van der Waals surface area contributed by atoms with Gasteiger partial charge in [0.2, 0.25) is 0 Å². The maximum absolute atomic E-state index is 13.7. The zero-order valence-electron chi connectivity index (χ0n) is 21.7. The van der Waals surface area contributed by atoms with E-state index >= 15 is 0 Å². The molecular weight excluding hydrogens is 510 g/mol. The molecule has 0 aliphatic carbocycles. The summed E-state index contributed by atoms with van der Waals surface area (Å²) in [5.74, 6) is 0.930. The van der Waals surface area contributed by atoms with Crippen molar-refractivity contribution in [2.24, 2.45) is 0 Å². The van der Waals surface area contributed by atoms with Crippen LogP contribution in [-0.4, -0.2) is 55.9 Å². The summed E-state index contributed by atoms with van der Waals surface area (Å²) in [5.41, 5.74) is 1.37. The zero-order chi connectivity index (χ0) is 27.3. The summed E-state index contributed by atoms with van der Waals surface area (Å²) in [6.45, 7) is 1.48. The van der Waals surface area contributed by atoms with Gasteiger partial charge in [-0.3, -0.25) is 9.52 Å². The number of amides is 1. The molecular formula is C27H31N3O7S. The second kappa shape index (κ2) is 11.5. The number of hydrogen-bond acceptors (Lipinski definition) is 8. The van der Waals surface area contributed by atoms with Crippen LogP contribution < -0.4 is 33.9 Å². The first-order valence-electron chi connectivity index (χ1n) is 12.0. The Morgan fingerprint density at radius 3 is 2.08 bits per heavy atom. The number of anilines is 3. The molecule has 0 radical (unpaired) electrons. The van der Waals surface area contributed by atoms with Crippen LogP contribution in [0.5, 0.6) is 23.0 Å². The predicted molar refractivity (Wildman–Crippen MR) is 146 cm³/mol. The monoisotopic (exact) mass is 541 g/mol. The number of carbonyl (C=O) groups excluding carboxylic acids is 1. The molecule has 0 aromatic heterocycles. The summed E-state index contributed by atoms with van der Waals surface area (Å²) < 4.78 is 51.2. The summed E-state index contributed by atoms with van der Waals surface area (Å²) in [6.07, 6.45) is 1.94. The standard InChI is InChI=1S/C27H31N3O7S/c1-34-22-10-6-5-9-20(22)29-38(32,33)26-15-18(11-12-21(26)30-13-7-8-14-30)28-27(31)19-16-24(36-3)25(37-4)17-23(19)35-2/h5-6,9-12,15-17,29H,7-8,13-14H2,1-4H3,(H,28,31). The second-order valence-electron chi connectivity index (χ2n) is 8.54.